The molecule has 0 saturated heterocycles. The van der Waals surface area contributed by atoms with Crippen LogP contribution >= 0.6 is 7.82 Å². The normalized spacial score (nSPS) is 13.5. The van der Waals surface area contributed by atoms with Gasteiger partial charge in [-0.2, -0.15) is 0 Å². The number of hydrogen-bond acceptors (Lipinski definition) is 7. The molecule has 9 heteroatoms. The van der Waals surface area contributed by atoms with Crippen molar-refractivity contribution in [2.45, 2.75) is 258 Å². The molecule has 0 saturated carbocycles. The van der Waals surface area contributed by atoms with Gasteiger partial charge in [-0.15, -0.1) is 0 Å². The maximum absolute atomic E-state index is 12.6. The van der Waals surface area contributed by atoms with Crippen LogP contribution < -0.4 is 5.73 Å². The summed E-state index contributed by atoms with van der Waals surface area (Å²) in [6, 6.07) is 0. The third-order valence-corrected chi connectivity index (χ3v) is 12.1. The molecule has 3 N–H and O–H groups in total. The number of carbonyl (C=O) groups is 1. The molecule has 2 atom stereocenters. The average Bonchev–Trinajstić information content (AvgIpc) is 3.23. The number of rotatable bonds is 49. The van der Waals surface area contributed by atoms with Crippen LogP contribution in [0.15, 0.2) is 24.3 Å². The molecule has 350 valence electrons. The number of hydrogen-bond donors (Lipinski definition) is 2. The Balaban J connectivity index is 3.92. The minimum atomic E-state index is -4.28. The van der Waals surface area contributed by atoms with Gasteiger partial charge in [0.2, 0.25) is 0 Å². The van der Waals surface area contributed by atoms with E-state index in [1.165, 1.54) is 199 Å². The van der Waals surface area contributed by atoms with E-state index in [2.05, 4.69) is 38.2 Å². The molecular weight excluding hydrogens is 758 g/mol. The number of esters is 1. The second kappa shape index (κ2) is 48.0. The van der Waals surface area contributed by atoms with Crippen LogP contribution in [0, 0.1) is 0 Å². The second-order valence-electron chi connectivity index (χ2n) is 17.0. The molecule has 0 aromatic heterocycles. The maximum atomic E-state index is 12.6. The number of phosphoric ester groups is 1. The van der Waals surface area contributed by atoms with E-state index in [4.69, 9.17) is 24.3 Å². The van der Waals surface area contributed by atoms with E-state index < -0.39 is 13.9 Å². The highest BCUT2D eigenvalue weighted by atomic mass is 31.2. The smallest absolute Gasteiger partial charge is 0.457 e. The maximum Gasteiger partial charge on any atom is 0.472 e. The Kier molecular flexibility index (Phi) is 47.2. The van der Waals surface area contributed by atoms with Gasteiger partial charge in [0.25, 0.3) is 0 Å². The summed E-state index contributed by atoms with van der Waals surface area (Å²) in [5, 5.41) is 0. The summed E-state index contributed by atoms with van der Waals surface area (Å²) in [5.41, 5.74) is 5.39. The standard InChI is InChI=1S/C50H98NO7P/c1-3-5-7-9-11-13-15-17-19-21-22-23-24-25-26-27-29-31-33-35-37-39-41-43-50(52)58-49(48-57-59(53,54)56-46-44-51)47-55-45-42-40-38-36-34-32-30-28-20-18-16-14-12-10-8-6-4-2/h20-22,28,49H,3-19,23-27,29-48,51H2,1-2H3,(H,53,54)/b22-21-,28-20-. The zero-order chi connectivity index (χ0) is 43.0. The van der Waals surface area contributed by atoms with Crippen LogP contribution in [0.25, 0.3) is 0 Å². The Bertz CT molecular complexity index is 962. The lowest BCUT2D eigenvalue weighted by Crippen LogP contribution is -2.28. The molecule has 0 fully saturated rings. The number of unbranched alkanes of at least 4 members (excludes halogenated alkanes) is 32. The van der Waals surface area contributed by atoms with Gasteiger partial charge in [-0.1, -0.05) is 205 Å². The van der Waals surface area contributed by atoms with E-state index in [1.54, 1.807) is 0 Å². The van der Waals surface area contributed by atoms with Crippen LogP contribution in [0.1, 0.15) is 251 Å². The van der Waals surface area contributed by atoms with Crippen LogP contribution in [-0.2, 0) is 27.9 Å². The van der Waals surface area contributed by atoms with Crippen molar-refractivity contribution >= 4 is 13.8 Å². The fourth-order valence-corrected chi connectivity index (χ4v) is 8.11. The fourth-order valence-electron chi connectivity index (χ4n) is 7.34. The Hall–Kier alpha value is -1.02. The second-order valence-corrected chi connectivity index (χ2v) is 18.5. The van der Waals surface area contributed by atoms with Gasteiger partial charge < -0.3 is 20.1 Å². The van der Waals surface area contributed by atoms with Gasteiger partial charge in [0.1, 0.15) is 6.10 Å². The van der Waals surface area contributed by atoms with E-state index in [0.717, 1.165) is 32.1 Å². The highest BCUT2D eigenvalue weighted by molar-refractivity contribution is 7.47. The third kappa shape index (κ3) is 47.9. The summed E-state index contributed by atoms with van der Waals surface area (Å²) < 4.78 is 33.6. The molecule has 0 heterocycles. The van der Waals surface area contributed by atoms with Gasteiger partial charge in [0.15, 0.2) is 0 Å². The topological polar surface area (TPSA) is 117 Å². The van der Waals surface area contributed by atoms with Crippen molar-refractivity contribution in [3.05, 3.63) is 24.3 Å². The van der Waals surface area contributed by atoms with E-state index in [9.17, 15) is 14.3 Å². The highest BCUT2D eigenvalue weighted by Gasteiger charge is 2.25. The Morgan fingerprint density at radius 3 is 1.24 bits per heavy atom. The zero-order valence-corrected chi connectivity index (χ0v) is 39.9. The van der Waals surface area contributed by atoms with Gasteiger partial charge in [-0.25, -0.2) is 4.57 Å². The molecule has 0 aromatic rings. The number of carbonyl (C=O) groups excluding carboxylic acids is 1. The van der Waals surface area contributed by atoms with Crippen LogP contribution in [0.3, 0.4) is 0 Å². The molecule has 0 aliphatic heterocycles. The fraction of sp³-hybridized carbons (Fsp3) is 0.900. The summed E-state index contributed by atoms with van der Waals surface area (Å²) in [4.78, 5) is 22.6. The quantitative estimate of drug-likeness (QED) is 0.0269. The molecule has 0 aromatic carbocycles. The lowest BCUT2D eigenvalue weighted by Gasteiger charge is -2.20. The molecule has 2 unspecified atom stereocenters. The first-order valence-corrected chi connectivity index (χ1v) is 26.8. The van der Waals surface area contributed by atoms with Crippen LogP contribution in [-0.4, -0.2) is 49.9 Å². The molecule has 0 radical (unpaired) electrons. The number of ether oxygens (including phenoxy) is 2. The molecule has 0 rings (SSSR count). The van der Waals surface area contributed by atoms with Crippen molar-refractivity contribution in [3.63, 3.8) is 0 Å². The molecule has 0 amide bonds. The van der Waals surface area contributed by atoms with Crippen LogP contribution in [0.2, 0.25) is 0 Å². The minimum absolute atomic E-state index is 0.0950. The van der Waals surface area contributed by atoms with Gasteiger partial charge in [-0.3, -0.25) is 13.8 Å². The Morgan fingerprint density at radius 2 is 0.847 bits per heavy atom. The predicted molar refractivity (Wildman–Crippen MR) is 252 cm³/mol. The lowest BCUT2D eigenvalue weighted by molar-refractivity contribution is -0.154. The van der Waals surface area contributed by atoms with Crippen molar-refractivity contribution in [2.24, 2.45) is 5.73 Å². The summed E-state index contributed by atoms with van der Waals surface area (Å²) in [7, 11) is -4.28. The first-order valence-electron chi connectivity index (χ1n) is 25.3. The van der Waals surface area contributed by atoms with Crippen LogP contribution in [0.5, 0.6) is 0 Å². The van der Waals surface area contributed by atoms with Crippen LogP contribution in [0.4, 0.5) is 0 Å². The van der Waals surface area contributed by atoms with Gasteiger partial charge in [-0.05, 0) is 64.2 Å². The summed E-state index contributed by atoms with van der Waals surface area (Å²) in [6.07, 6.45) is 54.9. The summed E-state index contributed by atoms with van der Waals surface area (Å²) >= 11 is 0. The molecule has 0 spiro atoms. The molecule has 0 bridgehead atoms. The molecule has 0 aliphatic carbocycles. The Labute approximate surface area is 366 Å². The van der Waals surface area contributed by atoms with Gasteiger partial charge in [0, 0.05) is 19.6 Å². The van der Waals surface area contributed by atoms with Crippen molar-refractivity contribution in [1.82, 2.24) is 0 Å². The first-order chi connectivity index (χ1) is 28.9. The Morgan fingerprint density at radius 1 is 0.492 bits per heavy atom. The zero-order valence-electron chi connectivity index (χ0n) is 39.0. The number of allylic oxidation sites excluding steroid dienone is 4. The predicted octanol–water partition coefficient (Wildman–Crippen LogP) is 15.6. The van der Waals surface area contributed by atoms with E-state index in [0.29, 0.717) is 13.0 Å². The monoisotopic (exact) mass is 856 g/mol. The number of phosphoric acid groups is 1. The number of nitrogens with two attached hydrogens (primary N) is 1. The van der Waals surface area contributed by atoms with E-state index in [-0.39, 0.29) is 32.3 Å². The molecule has 59 heavy (non-hydrogen) atoms. The largest absolute Gasteiger partial charge is 0.472 e. The first kappa shape index (κ1) is 58.0. The molecule has 8 nitrogen and oxygen atoms in total. The van der Waals surface area contributed by atoms with Crippen molar-refractivity contribution in [3.8, 4) is 0 Å². The van der Waals surface area contributed by atoms with Crippen molar-refractivity contribution in [2.75, 3.05) is 33.0 Å². The highest BCUT2D eigenvalue weighted by Crippen LogP contribution is 2.43. The van der Waals surface area contributed by atoms with E-state index in [1.807, 2.05) is 0 Å². The molecular formula is C50H98NO7P. The molecule has 0 aliphatic rings. The minimum Gasteiger partial charge on any atom is -0.457 e. The average molecular weight is 856 g/mol. The van der Waals surface area contributed by atoms with Gasteiger partial charge in [0.05, 0.1) is 19.8 Å². The van der Waals surface area contributed by atoms with Gasteiger partial charge >= 0.3 is 13.8 Å². The van der Waals surface area contributed by atoms with E-state index >= 15 is 0 Å². The van der Waals surface area contributed by atoms with Crippen molar-refractivity contribution < 1.29 is 32.8 Å². The van der Waals surface area contributed by atoms with Crippen molar-refractivity contribution in [1.29, 1.82) is 0 Å². The SMILES string of the molecule is CCCCCCCCC/C=C\CCCCCCCCOCC(COP(=O)(O)OCCN)OC(=O)CCCCCCCCCCCCC/C=C\CCCCCCCCCC. The lowest BCUT2D eigenvalue weighted by atomic mass is 10.0. The summed E-state index contributed by atoms with van der Waals surface area (Å²) in [6.45, 7) is 4.95. The third-order valence-electron chi connectivity index (χ3n) is 11.1. The summed E-state index contributed by atoms with van der Waals surface area (Å²) in [5.74, 6) is -0.329.